The van der Waals surface area contributed by atoms with Crippen LogP contribution in [0.4, 0.5) is 4.79 Å². The van der Waals surface area contributed by atoms with E-state index >= 15 is 0 Å². The predicted molar refractivity (Wildman–Crippen MR) is 82.0 cm³/mol. The lowest BCUT2D eigenvalue weighted by molar-refractivity contribution is -0.140. The van der Waals surface area contributed by atoms with Gasteiger partial charge in [-0.15, -0.1) is 0 Å². The SMILES string of the molecule is CC(=O)O/N=C(\N)c1ccc(CNC(=O)OC(C)(C)C)cc1. The minimum absolute atomic E-state index is 0.0989. The topological polar surface area (TPSA) is 103 Å². The minimum atomic E-state index is -0.541. The molecule has 0 radical (unpaired) electrons. The Morgan fingerprint density at radius 1 is 1.23 bits per heavy atom. The predicted octanol–water partition coefficient (Wildman–Crippen LogP) is 1.89. The first-order valence-corrected chi connectivity index (χ1v) is 6.74. The summed E-state index contributed by atoms with van der Waals surface area (Å²) in [6.07, 6.45) is -0.479. The van der Waals surface area contributed by atoms with E-state index in [-0.39, 0.29) is 5.84 Å². The van der Waals surface area contributed by atoms with Crippen molar-refractivity contribution in [3.63, 3.8) is 0 Å². The summed E-state index contributed by atoms with van der Waals surface area (Å²) in [6, 6.07) is 6.99. The summed E-state index contributed by atoms with van der Waals surface area (Å²) in [5.74, 6) is -0.442. The second-order valence-electron chi connectivity index (χ2n) is 5.61. The number of benzene rings is 1. The lowest BCUT2D eigenvalue weighted by Gasteiger charge is -2.19. The number of alkyl carbamates (subject to hydrolysis) is 1. The summed E-state index contributed by atoms with van der Waals surface area (Å²) < 4.78 is 5.14. The average molecular weight is 307 g/mol. The number of carbonyl (C=O) groups excluding carboxylic acids is 2. The summed E-state index contributed by atoms with van der Waals surface area (Å²) in [7, 11) is 0. The van der Waals surface area contributed by atoms with E-state index in [0.29, 0.717) is 12.1 Å². The van der Waals surface area contributed by atoms with Crippen LogP contribution in [-0.2, 0) is 20.9 Å². The molecule has 0 heterocycles. The van der Waals surface area contributed by atoms with Gasteiger partial charge in [-0.2, -0.15) is 0 Å². The Bertz CT molecular complexity index is 559. The van der Waals surface area contributed by atoms with Crippen molar-refractivity contribution in [3.8, 4) is 0 Å². The number of rotatable bonds is 4. The first-order valence-electron chi connectivity index (χ1n) is 6.74. The van der Waals surface area contributed by atoms with Crippen LogP contribution < -0.4 is 11.1 Å². The molecule has 0 aliphatic rings. The Kier molecular flexibility index (Phi) is 5.91. The van der Waals surface area contributed by atoms with Gasteiger partial charge in [-0.3, -0.25) is 0 Å². The molecule has 0 atom stereocenters. The van der Waals surface area contributed by atoms with Gasteiger partial charge in [0.1, 0.15) is 5.60 Å². The number of oxime groups is 1. The lowest BCUT2D eigenvalue weighted by atomic mass is 10.1. The van der Waals surface area contributed by atoms with Gasteiger partial charge in [0.25, 0.3) is 0 Å². The van der Waals surface area contributed by atoms with Crippen LogP contribution in [0.5, 0.6) is 0 Å². The van der Waals surface area contributed by atoms with Gasteiger partial charge in [-0.05, 0) is 26.3 Å². The number of carbonyl (C=O) groups is 2. The maximum absolute atomic E-state index is 11.5. The zero-order chi connectivity index (χ0) is 16.8. The average Bonchev–Trinajstić information content (AvgIpc) is 2.41. The van der Waals surface area contributed by atoms with Gasteiger partial charge in [0.05, 0.1) is 0 Å². The molecule has 0 aliphatic heterocycles. The minimum Gasteiger partial charge on any atom is -0.444 e. The molecule has 22 heavy (non-hydrogen) atoms. The highest BCUT2D eigenvalue weighted by atomic mass is 16.7. The van der Waals surface area contributed by atoms with Crippen LogP contribution >= 0.6 is 0 Å². The number of hydrogen-bond acceptors (Lipinski definition) is 5. The molecule has 0 aliphatic carbocycles. The first-order chi connectivity index (χ1) is 10.2. The molecular weight excluding hydrogens is 286 g/mol. The van der Waals surface area contributed by atoms with Crippen molar-refractivity contribution in [2.45, 2.75) is 39.8 Å². The molecular formula is C15H21N3O4. The number of nitrogens with zero attached hydrogens (tertiary/aromatic N) is 1. The molecule has 120 valence electrons. The highest BCUT2D eigenvalue weighted by Gasteiger charge is 2.15. The van der Waals surface area contributed by atoms with Crippen molar-refractivity contribution in [1.29, 1.82) is 0 Å². The van der Waals surface area contributed by atoms with E-state index in [1.54, 1.807) is 45.0 Å². The molecule has 0 unspecified atom stereocenters. The van der Waals surface area contributed by atoms with Crippen molar-refractivity contribution in [2.24, 2.45) is 10.9 Å². The molecule has 1 aromatic rings. The van der Waals surface area contributed by atoms with Crippen molar-refractivity contribution in [3.05, 3.63) is 35.4 Å². The lowest BCUT2D eigenvalue weighted by Crippen LogP contribution is -2.32. The second kappa shape index (κ2) is 7.44. The quantitative estimate of drug-likeness (QED) is 0.383. The van der Waals surface area contributed by atoms with E-state index in [9.17, 15) is 9.59 Å². The zero-order valence-corrected chi connectivity index (χ0v) is 13.2. The summed E-state index contributed by atoms with van der Waals surface area (Å²) >= 11 is 0. The maximum atomic E-state index is 11.5. The number of ether oxygens (including phenoxy) is 1. The summed E-state index contributed by atoms with van der Waals surface area (Å²) in [5, 5.41) is 6.15. The van der Waals surface area contributed by atoms with Crippen LogP contribution in [0.1, 0.15) is 38.8 Å². The third-order valence-electron chi connectivity index (χ3n) is 2.36. The van der Waals surface area contributed by atoms with Crippen LogP contribution in [0.25, 0.3) is 0 Å². The number of hydrogen-bond donors (Lipinski definition) is 2. The molecule has 1 amide bonds. The molecule has 0 saturated carbocycles. The van der Waals surface area contributed by atoms with Crippen molar-refractivity contribution in [2.75, 3.05) is 0 Å². The Balaban J connectivity index is 2.57. The van der Waals surface area contributed by atoms with Gasteiger partial charge in [-0.1, -0.05) is 29.4 Å². The van der Waals surface area contributed by atoms with Crippen LogP contribution in [0.3, 0.4) is 0 Å². The second-order valence-corrected chi connectivity index (χ2v) is 5.61. The van der Waals surface area contributed by atoms with Crippen LogP contribution in [-0.4, -0.2) is 23.5 Å². The number of nitrogens with one attached hydrogen (secondary N) is 1. The summed E-state index contributed by atoms with van der Waals surface area (Å²) in [6.45, 7) is 6.96. The van der Waals surface area contributed by atoms with E-state index in [0.717, 1.165) is 5.56 Å². The maximum Gasteiger partial charge on any atom is 0.407 e. The van der Waals surface area contributed by atoms with E-state index in [1.807, 2.05) is 0 Å². The Hall–Kier alpha value is -2.57. The van der Waals surface area contributed by atoms with Crippen LogP contribution in [0.15, 0.2) is 29.4 Å². The van der Waals surface area contributed by atoms with Gasteiger partial charge >= 0.3 is 12.1 Å². The normalized spacial score (nSPS) is 11.7. The molecule has 0 bridgehead atoms. The molecule has 0 aromatic heterocycles. The van der Waals surface area contributed by atoms with Gasteiger partial charge in [0.15, 0.2) is 5.84 Å². The fourth-order valence-electron chi connectivity index (χ4n) is 1.45. The molecule has 3 N–H and O–H groups in total. The molecule has 7 nitrogen and oxygen atoms in total. The largest absolute Gasteiger partial charge is 0.444 e. The fourth-order valence-corrected chi connectivity index (χ4v) is 1.45. The Labute approximate surface area is 129 Å². The fraction of sp³-hybridized carbons (Fsp3) is 0.400. The van der Waals surface area contributed by atoms with E-state index in [4.69, 9.17) is 10.5 Å². The standard InChI is InChI=1S/C15H21N3O4/c1-10(19)22-18-13(16)12-7-5-11(6-8-12)9-17-14(20)21-15(2,3)4/h5-8H,9H2,1-4H3,(H2,16,18)(H,17,20). The van der Waals surface area contributed by atoms with Crippen molar-refractivity contribution < 1.29 is 19.2 Å². The zero-order valence-electron chi connectivity index (χ0n) is 13.2. The molecule has 0 fully saturated rings. The highest BCUT2D eigenvalue weighted by molar-refractivity contribution is 5.97. The number of nitrogens with two attached hydrogens (primary N) is 1. The summed E-state index contributed by atoms with van der Waals surface area (Å²) in [5.41, 5.74) is 6.62. The molecule has 1 rings (SSSR count). The highest BCUT2D eigenvalue weighted by Crippen LogP contribution is 2.08. The Morgan fingerprint density at radius 2 is 1.82 bits per heavy atom. The van der Waals surface area contributed by atoms with Crippen LogP contribution in [0, 0.1) is 0 Å². The molecule has 0 spiro atoms. The number of amidine groups is 1. The Morgan fingerprint density at radius 3 is 2.32 bits per heavy atom. The summed E-state index contributed by atoms with van der Waals surface area (Å²) in [4.78, 5) is 26.6. The van der Waals surface area contributed by atoms with E-state index in [1.165, 1.54) is 6.92 Å². The monoisotopic (exact) mass is 307 g/mol. The van der Waals surface area contributed by atoms with Gasteiger partial charge in [0.2, 0.25) is 0 Å². The van der Waals surface area contributed by atoms with E-state index in [2.05, 4.69) is 15.3 Å². The first kappa shape index (κ1) is 17.5. The van der Waals surface area contributed by atoms with Crippen molar-refractivity contribution >= 4 is 17.9 Å². The molecule has 0 saturated heterocycles. The molecule has 7 heteroatoms. The third kappa shape index (κ3) is 6.74. The van der Waals surface area contributed by atoms with Gasteiger partial charge in [-0.25, -0.2) is 9.59 Å². The third-order valence-corrected chi connectivity index (χ3v) is 2.36. The van der Waals surface area contributed by atoms with Crippen LogP contribution in [0.2, 0.25) is 0 Å². The van der Waals surface area contributed by atoms with Gasteiger partial charge < -0.3 is 20.6 Å². The number of amides is 1. The van der Waals surface area contributed by atoms with E-state index < -0.39 is 17.7 Å². The smallest absolute Gasteiger partial charge is 0.407 e. The van der Waals surface area contributed by atoms with Crippen molar-refractivity contribution in [1.82, 2.24) is 5.32 Å². The molecule has 1 aromatic carbocycles. The van der Waals surface area contributed by atoms with Gasteiger partial charge in [0, 0.05) is 19.0 Å².